The largest absolute Gasteiger partial charge is 0.399 e. The van der Waals surface area contributed by atoms with E-state index in [1.807, 2.05) is 0 Å². The number of rotatable bonds is 4. The summed E-state index contributed by atoms with van der Waals surface area (Å²) in [4.78, 5) is -0.0224. The van der Waals surface area contributed by atoms with Gasteiger partial charge in [-0.2, -0.15) is 0 Å². The Labute approximate surface area is 130 Å². The molecule has 2 atom stereocenters. The summed E-state index contributed by atoms with van der Waals surface area (Å²) in [6, 6.07) is 4.25. The third-order valence-corrected chi connectivity index (χ3v) is 5.79. The van der Waals surface area contributed by atoms with Crippen molar-refractivity contribution in [2.24, 2.45) is 5.92 Å². The number of benzene rings is 1. The van der Waals surface area contributed by atoms with Crippen LogP contribution in [0.25, 0.3) is 0 Å². The average Bonchev–Trinajstić information content (AvgIpc) is 2.36. The average molecular weight is 333 g/mol. The van der Waals surface area contributed by atoms with Crippen molar-refractivity contribution in [2.75, 3.05) is 12.3 Å². The number of hydrogen-bond donors (Lipinski definition) is 3. The van der Waals surface area contributed by atoms with Gasteiger partial charge in [0.05, 0.1) is 10.6 Å². The maximum absolute atomic E-state index is 12.3. The Morgan fingerprint density at radius 3 is 2.86 bits per heavy atom. The fourth-order valence-electron chi connectivity index (χ4n) is 2.84. The molecule has 0 bridgehead atoms. The van der Waals surface area contributed by atoms with E-state index in [4.69, 9.17) is 17.3 Å². The van der Waals surface area contributed by atoms with Crippen molar-refractivity contribution in [3.8, 4) is 0 Å². The molecule has 1 aromatic carbocycles. The quantitative estimate of drug-likeness (QED) is 0.736. The summed E-state index contributed by atoms with van der Waals surface area (Å²) in [7, 11) is -3.76. The summed E-state index contributed by atoms with van der Waals surface area (Å²) in [5.41, 5.74) is 4.98. The van der Waals surface area contributed by atoms with Crippen LogP contribution in [0.3, 0.4) is 0 Å². The first-order valence-electron chi connectivity index (χ1n) is 6.99. The van der Waals surface area contributed by atoms with Crippen LogP contribution in [0.15, 0.2) is 23.1 Å². The molecule has 0 heterocycles. The first-order chi connectivity index (χ1) is 9.72. The van der Waals surface area contributed by atoms with Gasteiger partial charge in [-0.15, -0.1) is 0 Å². The lowest BCUT2D eigenvalue weighted by molar-refractivity contribution is -0.00751. The highest BCUT2D eigenvalue weighted by Gasteiger charge is 2.34. The molecule has 21 heavy (non-hydrogen) atoms. The summed E-state index contributed by atoms with van der Waals surface area (Å²) in [6.45, 7) is 2.07. The van der Waals surface area contributed by atoms with Crippen molar-refractivity contribution in [1.29, 1.82) is 0 Å². The summed E-state index contributed by atoms with van der Waals surface area (Å²) in [5, 5.41) is 10.6. The molecule has 2 unspecified atom stereocenters. The van der Waals surface area contributed by atoms with Crippen molar-refractivity contribution in [2.45, 2.75) is 43.1 Å². The van der Waals surface area contributed by atoms with Gasteiger partial charge in [-0.1, -0.05) is 31.4 Å². The molecule has 1 aliphatic carbocycles. The van der Waals surface area contributed by atoms with Gasteiger partial charge in [0.15, 0.2) is 0 Å². The highest BCUT2D eigenvalue weighted by Crippen LogP contribution is 2.32. The molecule has 0 spiro atoms. The van der Waals surface area contributed by atoms with Crippen molar-refractivity contribution in [3.05, 3.63) is 23.2 Å². The van der Waals surface area contributed by atoms with Crippen molar-refractivity contribution >= 4 is 27.3 Å². The number of anilines is 1. The molecule has 5 nitrogen and oxygen atoms in total. The zero-order valence-corrected chi connectivity index (χ0v) is 13.5. The maximum atomic E-state index is 12.3. The molecule has 1 fully saturated rings. The Bertz CT molecular complexity index is 621. The van der Waals surface area contributed by atoms with Crippen LogP contribution in [0.5, 0.6) is 0 Å². The minimum atomic E-state index is -3.76. The summed E-state index contributed by atoms with van der Waals surface area (Å²) in [5.74, 6) is 0.397. The Hall–Kier alpha value is -0.820. The second-order valence-electron chi connectivity index (χ2n) is 5.94. The van der Waals surface area contributed by atoms with E-state index in [-0.39, 0.29) is 16.5 Å². The number of nitrogens with two attached hydrogens (primary N) is 1. The summed E-state index contributed by atoms with van der Waals surface area (Å²) < 4.78 is 27.0. The Morgan fingerprint density at radius 1 is 1.52 bits per heavy atom. The SMILES string of the molecule is CC1CCCC(O)(CNS(=O)(=O)c2ccc(N)cc2Cl)C1. The van der Waals surface area contributed by atoms with Crippen LogP contribution in [-0.2, 0) is 10.0 Å². The van der Waals surface area contributed by atoms with Crippen LogP contribution in [0.2, 0.25) is 5.02 Å². The van der Waals surface area contributed by atoms with Gasteiger partial charge in [-0.05, 0) is 37.0 Å². The van der Waals surface area contributed by atoms with Gasteiger partial charge in [0, 0.05) is 12.2 Å². The molecule has 0 aromatic heterocycles. The molecule has 1 saturated carbocycles. The van der Waals surface area contributed by atoms with E-state index in [1.54, 1.807) is 0 Å². The van der Waals surface area contributed by atoms with Gasteiger partial charge in [0.1, 0.15) is 4.90 Å². The third kappa shape index (κ3) is 4.10. The Morgan fingerprint density at radius 2 is 2.24 bits per heavy atom. The van der Waals surface area contributed by atoms with Crippen LogP contribution < -0.4 is 10.5 Å². The van der Waals surface area contributed by atoms with Crippen LogP contribution in [0, 0.1) is 5.92 Å². The Kier molecular flexibility index (Phi) is 4.82. The highest BCUT2D eigenvalue weighted by molar-refractivity contribution is 7.89. The molecule has 7 heteroatoms. The van der Waals surface area contributed by atoms with Gasteiger partial charge in [0.25, 0.3) is 0 Å². The molecular weight excluding hydrogens is 312 g/mol. The lowest BCUT2D eigenvalue weighted by Gasteiger charge is -2.35. The third-order valence-electron chi connectivity index (χ3n) is 3.90. The van der Waals surface area contributed by atoms with E-state index in [2.05, 4.69) is 11.6 Å². The van der Waals surface area contributed by atoms with Gasteiger partial charge < -0.3 is 10.8 Å². The maximum Gasteiger partial charge on any atom is 0.242 e. The summed E-state index contributed by atoms with van der Waals surface area (Å²) in [6.07, 6.45) is 3.18. The number of sulfonamides is 1. The lowest BCUT2D eigenvalue weighted by atomic mass is 9.79. The summed E-state index contributed by atoms with van der Waals surface area (Å²) >= 11 is 5.93. The molecule has 0 saturated heterocycles. The molecule has 2 rings (SSSR count). The Balaban J connectivity index is 2.11. The van der Waals surface area contributed by atoms with Crippen LogP contribution in [0.4, 0.5) is 5.69 Å². The van der Waals surface area contributed by atoms with Crippen molar-refractivity contribution < 1.29 is 13.5 Å². The van der Waals surface area contributed by atoms with Crippen molar-refractivity contribution in [1.82, 2.24) is 4.72 Å². The van der Waals surface area contributed by atoms with Gasteiger partial charge in [0.2, 0.25) is 10.0 Å². The second kappa shape index (κ2) is 6.12. The number of nitrogens with one attached hydrogen (secondary N) is 1. The molecule has 1 aliphatic rings. The minimum Gasteiger partial charge on any atom is -0.399 e. The lowest BCUT2D eigenvalue weighted by Crippen LogP contribution is -2.45. The van der Waals surface area contributed by atoms with Crippen LogP contribution in [0.1, 0.15) is 32.6 Å². The minimum absolute atomic E-state index is 0.000376. The predicted molar refractivity (Wildman–Crippen MR) is 83.6 cm³/mol. The fourth-order valence-corrected chi connectivity index (χ4v) is 4.51. The van der Waals surface area contributed by atoms with E-state index >= 15 is 0 Å². The molecule has 118 valence electrons. The predicted octanol–water partition coefficient (Wildman–Crippen LogP) is 2.14. The first kappa shape index (κ1) is 16.5. The van der Waals surface area contributed by atoms with Gasteiger partial charge in [-0.3, -0.25) is 0 Å². The normalized spacial score (nSPS) is 26.7. The van der Waals surface area contributed by atoms with E-state index in [0.717, 1.165) is 12.8 Å². The zero-order valence-electron chi connectivity index (χ0n) is 12.0. The van der Waals surface area contributed by atoms with E-state index in [0.29, 0.717) is 24.4 Å². The molecule has 1 aromatic rings. The number of halogens is 1. The molecule has 4 N–H and O–H groups in total. The standard InChI is InChI=1S/C14H21ClN2O3S/c1-10-3-2-6-14(18,8-10)9-17-21(19,20)13-5-4-11(16)7-12(13)15/h4-5,7,10,17-18H,2-3,6,8-9,16H2,1H3. The molecule has 0 radical (unpaired) electrons. The molecule has 0 aliphatic heterocycles. The monoisotopic (exact) mass is 332 g/mol. The van der Waals surface area contributed by atoms with Crippen molar-refractivity contribution in [3.63, 3.8) is 0 Å². The highest BCUT2D eigenvalue weighted by atomic mass is 35.5. The first-order valence-corrected chi connectivity index (χ1v) is 8.85. The van der Waals surface area contributed by atoms with Gasteiger partial charge >= 0.3 is 0 Å². The molecular formula is C14H21ClN2O3S. The van der Waals surface area contributed by atoms with Crippen LogP contribution >= 0.6 is 11.6 Å². The van der Waals surface area contributed by atoms with Crippen LogP contribution in [-0.4, -0.2) is 25.7 Å². The number of aliphatic hydroxyl groups is 1. The zero-order chi connectivity index (χ0) is 15.7. The number of nitrogen functional groups attached to an aromatic ring is 1. The smallest absolute Gasteiger partial charge is 0.242 e. The second-order valence-corrected chi connectivity index (χ2v) is 8.08. The number of hydrogen-bond acceptors (Lipinski definition) is 4. The van der Waals surface area contributed by atoms with E-state index in [9.17, 15) is 13.5 Å². The van der Waals surface area contributed by atoms with E-state index in [1.165, 1.54) is 18.2 Å². The molecule has 0 amide bonds. The van der Waals surface area contributed by atoms with E-state index < -0.39 is 15.6 Å². The fraction of sp³-hybridized carbons (Fsp3) is 0.571. The van der Waals surface area contributed by atoms with Gasteiger partial charge in [-0.25, -0.2) is 13.1 Å². The topological polar surface area (TPSA) is 92.4 Å².